The molecule has 20 heavy (non-hydrogen) atoms. The van der Waals surface area contributed by atoms with Crippen LogP contribution in [0.25, 0.3) is 0 Å². The lowest BCUT2D eigenvalue weighted by atomic mass is 10.2. The van der Waals surface area contributed by atoms with Crippen molar-refractivity contribution in [3.63, 3.8) is 0 Å². The number of thiazole rings is 1. The van der Waals surface area contributed by atoms with Gasteiger partial charge in [-0.3, -0.25) is 4.98 Å². The van der Waals surface area contributed by atoms with Crippen LogP contribution in [0.3, 0.4) is 0 Å². The molecule has 1 N–H and O–H groups in total. The third kappa shape index (κ3) is 3.00. The van der Waals surface area contributed by atoms with Gasteiger partial charge in [0.15, 0.2) is 11.5 Å². The van der Waals surface area contributed by atoms with E-state index in [9.17, 15) is 4.79 Å². The van der Waals surface area contributed by atoms with Crippen molar-refractivity contribution < 1.29 is 24.1 Å². The maximum Gasteiger partial charge on any atom is 0.335 e. The first-order valence-electron chi connectivity index (χ1n) is 5.65. The monoisotopic (exact) mass is 295 g/mol. The number of methoxy groups -OCH3 is 2. The first kappa shape index (κ1) is 14.1. The van der Waals surface area contributed by atoms with Crippen molar-refractivity contribution >= 4 is 17.3 Å². The van der Waals surface area contributed by atoms with Crippen LogP contribution < -0.4 is 14.2 Å². The summed E-state index contributed by atoms with van der Waals surface area (Å²) in [6.45, 7) is 0.309. The molecule has 2 aromatic rings. The quantitative estimate of drug-likeness (QED) is 0.882. The zero-order valence-corrected chi connectivity index (χ0v) is 11.8. The van der Waals surface area contributed by atoms with Gasteiger partial charge in [-0.25, -0.2) is 4.79 Å². The Hall–Kier alpha value is -2.28. The van der Waals surface area contributed by atoms with Crippen LogP contribution >= 0.6 is 11.3 Å². The molecule has 0 atom stereocenters. The number of rotatable bonds is 6. The van der Waals surface area contributed by atoms with E-state index < -0.39 is 5.97 Å². The molecular formula is C13H13NO5S. The Morgan fingerprint density at radius 3 is 2.40 bits per heavy atom. The summed E-state index contributed by atoms with van der Waals surface area (Å²) in [5, 5.41) is 9.04. The zero-order valence-electron chi connectivity index (χ0n) is 11.0. The van der Waals surface area contributed by atoms with Crippen molar-refractivity contribution in [3.05, 3.63) is 34.3 Å². The van der Waals surface area contributed by atoms with E-state index >= 15 is 0 Å². The minimum atomic E-state index is -1.06. The molecule has 2 rings (SSSR count). The Kier molecular flexibility index (Phi) is 4.41. The number of carboxylic acid groups (broad SMARTS) is 1. The van der Waals surface area contributed by atoms with E-state index in [0.29, 0.717) is 23.9 Å². The van der Waals surface area contributed by atoms with Gasteiger partial charge in [0.25, 0.3) is 0 Å². The topological polar surface area (TPSA) is 77.9 Å². The number of carboxylic acids is 1. The van der Waals surface area contributed by atoms with E-state index in [1.165, 1.54) is 37.7 Å². The summed E-state index contributed by atoms with van der Waals surface area (Å²) >= 11 is 1.47. The molecule has 0 bridgehead atoms. The van der Waals surface area contributed by atoms with Crippen LogP contribution in [0.5, 0.6) is 17.2 Å². The zero-order chi connectivity index (χ0) is 14.5. The van der Waals surface area contributed by atoms with Crippen LogP contribution in [-0.2, 0) is 6.61 Å². The summed E-state index contributed by atoms with van der Waals surface area (Å²) in [7, 11) is 2.89. The van der Waals surface area contributed by atoms with Crippen LogP contribution in [0.4, 0.5) is 0 Å². The second kappa shape index (κ2) is 6.25. The van der Waals surface area contributed by atoms with Crippen LogP contribution in [-0.4, -0.2) is 30.3 Å². The van der Waals surface area contributed by atoms with Gasteiger partial charge in [0.1, 0.15) is 6.61 Å². The highest BCUT2D eigenvalue weighted by Crippen LogP contribution is 2.39. The van der Waals surface area contributed by atoms with Crippen molar-refractivity contribution in [1.29, 1.82) is 0 Å². The maximum atomic E-state index is 11.0. The summed E-state index contributed by atoms with van der Waals surface area (Å²) in [4.78, 5) is 15.9. The lowest BCUT2D eigenvalue weighted by molar-refractivity contribution is 0.0696. The number of benzene rings is 1. The molecule has 106 valence electrons. The fraction of sp³-hybridized carbons (Fsp3) is 0.231. The molecule has 0 aliphatic heterocycles. The second-order valence-corrected chi connectivity index (χ2v) is 4.74. The van der Waals surface area contributed by atoms with Crippen LogP contribution in [0.1, 0.15) is 15.2 Å². The van der Waals surface area contributed by atoms with Crippen molar-refractivity contribution in [3.8, 4) is 17.2 Å². The average Bonchev–Trinajstić information content (AvgIpc) is 2.97. The largest absolute Gasteiger partial charge is 0.493 e. The van der Waals surface area contributed by atoms with Crippen LogP contribution in [0.2, 0.25) is 0 Å². The fourth-order valence-corrected chi connectivity index (χ4v) is 2.11. The summed E-state index contributed by atoms with van der Waals surface area (Å²) < 4.78 is 16.0. The van der Waals surface area contributed by atoms with E-state index in [1.807, 2.05) is 0 Å². The van der Waals surface area contributed by atoms with Gasteiger partial charge in [0.2, 0.25) is 5.75 Å². The first-order valence-corrected chi connectivity index (χ1v) is 6.53. The molecule has 0 spiro atoms. The van der Waals surface area contributed by atoms with Crippen molar-refractivity contribution in [2.75, 3.05) is 14.2 Å². The molecular weight excluding hydrogens is 282 g/mol. The molecule has 7 heteroatoms. The number of carbonyl (C=O) groups is 1. The SMILES string of the molecule is COc1cc(C(=O)O)cc(OC)c1OCc1cncs1. The smallest absolute Gasteiger partial charge is 0.335 e. The van der Waals surface area contributed by atoms with Gasteiger partial charge >= 0.3 is 5.97 Å². The number of aromatic carboxylic acids is 1. The van der Waals surface area contributed by atoms with Crippen molar-refractivity contribution in [2.45, 2.75) is 6.61 Å². The number of ether oxygens (including phenoxy) is 3. The number of nitrogens with zero attached hydrogens (tertiary/aromatic N) is 1. The van der Waals surface area contributed by atoms with E-state index in [-0.39, 0.29) is 5.56 Å². The Morgan fingerprint density at radius 1 is 1.30 bits per heavy atom. The normalized spacial score (nSPS) is 10.1. The molecule has 1 aromatic carbocycles. The van der Waals surface area contributed by atoms with Gasteiger partial charge in [0, 0.05) is 6.20 Å². The minimum Gasteiger partial charge on any atom is -0.493 e. The molecule has 0 saturated carbocycles. The first-order chi connectivity index (χ1) is 9.65. The second-order valence-electron chi connectivity index (χ2n) is 3.77. The fourth-order valence-electron chi connectivity index (χ4n) is 1.60. The lowest BCUT2D eigenvalue weighted by Crippen LogP contribution is -2.03. The lowest BCUT2D eigenvalue weighted by Gasteiger charge is -2.14. The van der Waals surface area contributed by atoms with Gasteiger partial charge < -0.3 is 19.3 Å². The van der Waals surface area contributed by atoms with Gasteiger partial charge in [-0.15, -0.1) is 11.3 Å². The highest BCUT2D eigenvalue weighted by atomic mass is 32.1. The Morgan fingerprint density at radius 2 is 1.95 bits per heavy atom. The number of hydrogen-bond acceptors (Lipinski definition) is 6. The summed E-state index contributed by atoms with van der Waals surface area (Å²) in [5.41, 5.74) is 1.78. The Bertz CT molecular complexity index is 572. The Labute approximate surface area is 119 Å². The molecule has 0 unspecified atom stereocenters. The third-order valence-corrected chi connectivity index (χ3v) is 3.30. The molecule has 0 aliphatic carbocycles. The molecule has 0 fully saturated rings. The summed E-state index contributed by atoms with van der Waals surface area (Å²) in [5.74, 6) is -0.0680. The summed E-state index contributed by atoms with van der Waals surface area (Å²) in [6.07, 6.45) is 1.70. The predicted octanol–water partition coefficient (Wildman–Crippen LogP) is 2.44. The molecule has 0 saturated heterocycles. The van der Waals surface area contributed by atoms with Gasteiger partial charge in [0.05, 0.1) is 30.2 Å². The van der Waals surface area contributed by atoms with E-state index in [1.54, 1.807) is 11.7 Å². The molecule has 6 nitrogen and oxygen atoms in total. The van der Waals surface area contributed by atoms with Crippen molar-refractivity contribution in [2.24, 2.45) is 0 Å². The molecule has 1 aromatic heterocycles. The van der Waals surface area contributed by atoms with Crippen LogP contribution in [0, 0.1) is 0 Å². The number of hydrogen-bond donors (Lipinski definition) is 1. The van der Waals surface area contributed by atoms with Gasteiger partial charge in [-0.2, -0.15) is 0 Å². The van der Waals surface area contributed by atoms with E-state index in [4.69, 9.17) is 19.3 Å². The predicted molar refractivity (Wildman–Crippen MR) is 73.0 cm³/mol. The minimum absolute atomic E-state index is 0.0730. The van der Waals surface area contributed by atoms with Crippen molar-refractivity contribution in [1.82, 2.24) is 4.98 Å². The highest BCUT2D eigenvalue weighted by molar-refractivity contribution is 7.09. The Balaban J connectivity index is 2.32. The molecule has 0 amide bonds. The highest BCUT2D eigenvalue weighted by Gasteiger charge is 2.17. The maximum absolute atomic E-state index is 11.0. The third-order valence-electron chi connectivity index (χ3n) is 2.55. The van der Waals surface area contributed by atoms with Crippen LogP contribution in [0.15, 0.2) is 23.8 Å². The van der Waals surface area contributed by atoms with Gasteiger partial charge in [-0.05, 0) is 12.1 Å². The van der Waals surface area contributed by atoms with E-state index in [0.717, 1.165) is 4.88 Å². The van der Waals surface area contributed by atoms with E-state index in [2.05, 4.69) is 4.98 Å². The standard InChI is InChI=1S/C13H13NO5S/c1-17-10-3-8(13(15)16)4-11(18-2)12(10)19-6-9-5-14-7-20-9/h3-5,7H,6H2,1-2H3,(H,15,16). The van der Waals surface area contributed by atoms with Gasteiger partial charge in [-0.1, -0.05) is 0 Å². The average molecular weight is 295 g/mol. The molecule has 0 radical (unpaired) electrons. The number of aromatic nitrogens is 1. The molecule has 1 heterocycles. The molecule has 0 aliphatic rings. The summed E-state index contributed by atoms with van der Waals surface area (Å²) in [6, 6.07) is 2.79.